The smallest absolute Gasteiger partial charge is 0.264 e. The minimum atomic E-state index is -4.18. The zero-order chi connectivity index (χ0) is 34.0. The summed E-state index contributed by atoms with van der Waals surface area (Å²) < 4.78 is 29.4. The minimum absolute atomic E-state index is 0.0000674. The van der Waals surface area contributed by atoms with Crippen LogP contribution in [-0.4, -0.2) is 44.3 Å². The first-order valence-corrected chi connectivity index (χ1v) is 17.9. The molecule has 0 fully saturated rings. The van der Waals surface area contributed by atoms with Gasteiger partial charge in [-0.3, -0.25) is 13.9 Å². The number of rotatable bonds is 15. The fourth-order valence-electron chi connectivity index (χ4n) is 5.17. The van der Waals surface area contributed by atoms with E-state index in [1.165, 1.54) is 17.0 Å². The maximum Gasteiger partial charge on any atom is 0.264 e. The van der Waals surface area contributed by atoms with Crippen molar-refractivity contribution in [1.82, 2.24) is 10.2 Å². The largest absolute Gasteiger partial charge is 0.354 e. The third-order valence-corrected chi connectivity index (χ3v) is 10.4. The molecule has 0 spiro atoms. The number of carbonyl (C=O) groups is 2. The SMILES string of the molecule is CCCCNC(=O)[C@@H](Cc1ccccc1)N(Cc1ccc(Cl)c(Cl)c1)C(=O)CN(c1ccc(C(C)C)cc1)S(=O)(=O)c1ccccc1. The van der Waals surface area contributed by atoms with Gasteiger partial charge >= 0.3 is 0 Å². The fourth-order valence-corrected chi connectivity index (χ4v) is 6.92. The molecule has 4 aromatic rings. The predicted molar refractivity (Wildman–Crippen MR) is 190 cm³/mol. The number of halogens is 2. The third kappa shape index (κ3) is 9.60. The molecule has 0 heterocycles. The summed E-state index contributed by atoms with van der Waals surface area (Å²) in [5, 5.41) is 3.66. The summed E-state index contributed by atoms with van der Waals surface area (Å²) in [6, 6.07) is 28.7. The number of hydrogen-bond acceptors (Lipinski definition) is 4. The number of benzene rings is 4. The number of anilines is 1. The summed E-state index contributed by atoms with van der Waals surface area (Å²) in [6.07, 6.45) is 1.89. The lowest BCUT2D eigenvalue weighted by molar-refractivity contribution is -0.140. The van der Waals surface area contributed by atoms with Crippen molar-refractivity contribution in [3.63, 3.8) is 0 Å². The molecule has 10 heteroatoms. The maximum atomic E-state index is 14.6. The van der Waals surface area contributed by atoms with Gasteiger partial charge in [0.15, 0.2) is 0 Å². The lowest BCUT2D eigenvalue weighted by atomic mass is 10.0. The number of amides is 2. The van der Waals surface area contributed by atoms with Crippen LogP contribution in [0.1, 0.15) is 56.2 Å². The molecule has 2 amide bonds. The highest BCUT2D eigenvalue weighted by atomic mass is 35.5. The highest BCUT2D eigenvalue weighted by Gasteiger charge is 2.34. The van der Waals surface area contributed by atoms with Crippen molar-refractivity contribution >= 4 is 50.7 Å². The number of sulfonamides is 1. The second kappa shape index (κ2) is 16.8. The summed E-state index contributed by atoms with van der Waals surface area (Å²) in [5.41, 5.74) is 2.87. The molecule has 248 valence electrons. The van der Waals surface area contributed by atoms with Crippen molar-refractivity contribution < 1.29 is 18.0 Å². The Kier molecular flexibility index (Phi) is 12.9. The molecule has 0 unspecified atom stereocenters. The molecular weight excluding hydrogens is 653 g/mol. The van der Waals surface area contributed by atoms with Gasteiger partial charge in [-0.25, -0.2) is 8.42 Å². The fraction of sp³-hybridized carbons (Fsp3) is 0.297. The average Bonchev–Trinajstić information content (AvgIpc) is 3.07. The van der Waals surface area contributed by atoms with Crippen LogP contribution < -0.4 is 9.62 Å². The molecule has 0 saturated carbocycles. The first kappa shape index (κ1) is 36.0. The maximum absolute atomic E-state index is 14.6. The van der Waals surface area contributed by atoms with Gasteiger partial charge in [-0.05, 0) is 65.4 Å². The molecule has 0 radical (unpaired) electrons. The lowest BCUT2D eigenvalue weighted by Crippen LogP contribution is -2.53. The van der Waals surface area contributed by atoms with Crippen LogP contribution >= 0.6 is 23.2 Å². The lowest BCUT2D eigenvalue weighted by Gasteiger charge is -2.34. The number of hydrogen-bond donors (Lipinski definition) is 1. The van der Waals surface area contributed by atoms with Crippen molar-refractivity contribution in [2.45, 2.75) is 63.4 Å². The highest BCUT2D eigenvalue weighted by molar-refractivity contribution is 7.92. The minimum Gasteiger partial charge on any atom is -0.354 e. The van der Waals surface area contributed by atoms with E-state index < -0.39 is 28.5 Å². The van der Waals surface area contributed by atoms with E-state index in [0.717, 1.165) is 28.3 Å². The first-order valence-electron chi connectivity index (χ1n) is 15.7. The van der Waals surface area contributed by atoms with Gasteiger partial charge in [0.25, 0.3) is 10.0 Å². The van der Waals surface area contributed by atoms with Crippen LogP contribution in [0.15, 0.2) is 108 Å². The monoisotopic (exact) mass is 693 g/mol. The summed E-state index contributed by atoms with van der Waals surface area (Å²) in [7, 11) is -4.18. The predicted octanol–water partition coefficient (Wildman–Crippen LogP) is 7.87. The van der Waals surface area contributed by atoms with Crippen molar-refractivity contribution in [2.75, 3.05) is 17.4 Å². The number of nitrogens with one attached hydrogen (secondary N) is 1. The van der Waals surface area contributed by atoms with Gasteiger partial charge in [0.2, 0.25) is 11.8 Å². The molecule has 0 aromatic heterocycles. The number of carbonyl (C=O) groups excluding carboxylic acids is 2. The van der Waals surface area contributed by atoms with Crippen LogP contribution in [0.5, 0.6) is 0 Å². The highest BCUT2D eigenvalue weighted by Crippen LogP contribution is 2.28. The van der Waals surface area contributed by atoms with Gasteiger partial charge in [-0.1, -0.05) is 117 Å². The third-order valence-electron chi connectivity index (χ3n) is 7.90. The molecule has 4 rings (SSSR count). The van der Waals surface area contributed by atoms with Crippen molar-refractivity contribution in [3.05, 3.63) is 130 Å². The van der Waals surface area contributed by atoms with E-state index in [4.69, 9.17) is 23.2 Å². The molecule has 47 heavy (non-hydrogen) atoms. The van der Waals surface area contributed by atoms with Gasteiger partial charge in [0, 0.05) is 19.5 Å². The van der Waals surface area contributed by atoms with E-state index in [0.29, 0.717) is 27.8 Å². The quantitative estimate of drug-likeness (QED) is 0.128. The van der Waals surface area contributed by atoms with Crippen LogP contribution in [0, 0.1) is 0 Å². The van der Waals surface area contributed by atoms with Gasteiger partial charge in [-0.15, -0.1) is 0 Å². The Labute approximate surface area is 288 Å². The van der Waals surface area contributed by atoms with Gasteiger partial charge < -0.3 is 10.2 Å². The Bertz CT molecular complexity index is 1730. The van der Waals surface area contributed by atoms with Crippen molar-refractivity contribution in [2.24, 2.45) is 0 Å². The molecule has 0 bridgehead atoms. The molecule has 0 saturated heterocycles. The second-order valence-corrected chi connectivity index (χ2v) is 14.4. The van der Waals surface area contributed by atoms with Gasteiger partial charge in [0.05, 0.1) is 20.6 Å². The normalized spacial score (nSPS) is 12.0. The number of unbranched alkanes of at least 4 members (excludes halogenated alkanes) is 1. The Balaban J connectivity index is 1.80. The molecule has 0 aliphatic rings. The van der Waals surface area contributed by atoms with Crippen molar-refractivity contribution in [3.8, 4) is 0 Å². The summed E-state index contributed by atoms with van der Waals surface area (Å²) >= 11 is 12.6. The van der Waals surface area contributed by atoms with Crippen LogP contribution in [0.2, 0.25) is 10.0 Å². The topological polar surface area (TPSA) is 86.8 Å². The van der Waals surface area contributed by atoms with E-state index in [1.54, 1.807) is 48.5 Å². The Morgan fingerprint density at radius 2 is 1.45 bits per heavy atom. The van der Waals surface area contributed by atoms with Gasteiger partial charge in [-0.2, -0.15) is 0 Å². The zero-order valence-corrected chi connectivity index (χ0v) is 29.2. The molecule has 7 nitrogen and oxygen atoms in total. The standard InChI is InChI=1S/C37H41Cl2N3O4S/c1-4-5-22-40-37(44)35(24-28-12-8-6-9-13-28)41(25-29-16-21-33(38)34(39)23-29)36(43)26-42(31-19-17-30(18-20-31)27(2)3)47(45,46)32-14-10-7-11-15-32/h6-21,23,27,35H,4-5,22,24-26H2,1-3H3,(H,40,44)/t35-/m1/s1. The van der Waals surface area contributed by atoms with E-state index in [2.05, 4.69) is 19.2 Å². The Hall–Kier alpha value is -3.85. The van der Waals surface area contributed by atoms with Crippen LogP contribution in [0.4, 0.5) is 5.69 Å². The number of nitrogens with zero attached hydrogens (tertiary/aromatic N) is 2. The van der Waals surface area contributed by atoms with Crippen LogP contribution in [0.25, 0.3) is 0 Å². The van der Waals surface area contributed by atoms with Crippen LogP contribution in [-0.2, 0) is 32.6 Å². The summed E-state index contributed by atoms with van der Waals surface area (Å²) in [6.45, 7) is 6.05. The van der Waals surface area contributed by atoms with Crippen molar-refractivity contribution in [1.29, 1.82) is 0 Å². The average molecular weight is 695 g/mol. The van der Waals surface area contributed by atoms with E-state index in [1.807, 2.05) is 49.4 Å². The second-order valence-electron chi connectivity index (χ2n) is 11.7. The van der Waals surface area contributed by atoms with E-state index in [9.17, 15) is 18.0 Å². The molecule has 1 N–H and O–H groups in total. The Morgan fingerprint density at radius 1 is 0.809 bits per heavy atom. The zero-order valence-electron chi connectivity index (χ0n) is 26.9. The summed E-state index contributed by atoms with van der Waals surface area (Å²) in [5.74, 6) is -0.638. The molecule has 0 aliphatic heterocycles. The summed E-state index contributed by atoms with van der Waals surface area (Å²) in [4.78, 5) is 30.0. The molecular formula is C37H41Cl2N3O4S. The Morgan fingerprint density at radius 3 is 2.04 bits per heavy atom. The van der Waals surface area contributed by atoms with Gasteiger partial charge in [0.1, 0.15) is 12.6 Å². The van der Waals surface area contributed by atoms with Crippen LogP contribution in [0.3, 0.4) is 0 Å². The first-order chi connectivity index (χ1) is 22.5. The molecule has 4 aromatic carbocycles. The van der Waals surface area contributed by atoms with E-state index in [-0.39, 0.29) is 29.7 Å². The molecule has 0 aliphatic carbocycles. The molecule has 1 atom stereocenters. The van der Waals surface area contributed by atoms with E-state index >= 15 is 0 Å².